The van der Waals surface area contributed by atoms with Crippen LogP contribution in [0.1, 0.15) is 57.4 Å². The fourth-order valence-corrected chi connectivity index (χ4v) is 4.98. The third-order valence-electron chi connectivity index (χ3n) is 6.71. The van der Waals surface area contributed by atoms with Crippen molar-refractivity contribution < 1.29 is 4.79 Å². The Kier molecular flexibility index (Phi) is 3.52. The molecule has 1 amide bonds. The van der Waals surface area contributed by atoms with Crippen LogP contribution in [0.5, 0.6) is 0 Å². The Morgan fingerprint density at radius 2 is 2.04 bits per heavy atom. The summed E-state index contributed by atoms with van der Waals surface area (Å²) in [5.74, 6) is 2.43. The van der Waals surface area contributed by atoms with Crippen LogP contribution in [0.15, 0.2) is 6.20 Å². The predicted molar refractivity (Wildman–Crippen MR) is 96.7 cm³/mol. The molecule has 134 valence electrons. The lowest BCUT2D eigenvalue weighted by atomic mass is 10.0. The molecule has 2 atom stereocenters. The van der Waals surface area contributed by atoms with Crippen molar-refractivity contribution in [3.05, 3.63) is 11.8 Å². The molecule has 1 aromatic rings. The quantitative estimate of drug-likeness (QED) is 0.882. The predicted octanol–water partition coefficient (Wildman–Crippen LogP) is 2.21. The van der Waals surface area contributed by atoms with Gasteiger partial charge in [-0.1, -0.05) is 13.3 Å². The topological polar surface area (TPSA) is 70.2 Å². The van der Waals surface area contributed by atoms with Gasteiger partial charge in [-0.2, -0.15) is 4.98 Å². The average molecular weight is 341 g/mol. The van der Waals surface area contributed by atoms with Crippen molar-refractivity contribution in [3.63, 3.8) is 0 Å². The number of aromatic nitrogens is 2. The van der Waals surface area contributed by atoms with Gasteiger partial charge in [0.05, 0.1) is 5.41 Å². The van der Waals surface area contributed by atoms with Gasteiger partial charge in [0.2, 0.25) is 11.9 Å². The highest BCUT2D eigenvalue weighted by Gasteiger charge is 2.61. The fourth-order valence-electron chi connectivity index (χ4n) is 4.98. The lowest BCUT2D eigenvalue weighted by Gasteiger charge is -2.28. The van der Waals surface area contributed by atoms with E-state index in [1.165, 1.54) is 12.8 Å². The molecule has 1 saturated heterocycles. The SMILES string of the molecule is CC1CCC[C@H]1N1C(=O)C2(CC2)c2cnc(NC3CCNCC3)nc21. The highest BCUT2D eigenvalue weighted by atomic mass is 16.2. The normalized spacial score (nSPS) is 30.8. The van der Waals surface area contributed by atoms with Crippen molar-refractivity contribution in [3.8, 4) is 0 Å². The van der Waals surface area contributed by atoms with Crippen molar-refractivity contribution in [1.82, 2.24) is 15.3 Å². The van der Waals surface area contributed by atoms with Gasteiger partial charge >= 0.3 is 0 Å². The smallest absolute Gasteiger partial charge is 0.239 e. The van der Waals surface area contributed by atoms with E-state index in [4.69, 9.17) is 4.98 Å². The molecule has 0 aromatic carbocycles. The van der Waals surface area contributed by atoms with Gasteiger partial charge in [0.1, 0.15) is 5.82 Å². The maximum atomic E-state index is 13.2. The van der Waals surface area contributed by atoms with E-state index >= 15 is 0 Å². The average Bonchev–Trinajstić information content (AvgIpc) is 3.27. The number of carbonyl (C=O) groups is 1. The fraction of sp³-hybridized carbons (Fsp3) is 0.737. The minimum atomic E-state index is -0.287. The number of fused-ring (bicyclic) bond motifs is 2. The largest absolute Gasteiger partial charge is 0.351 e. The van der Waals surface area contributed by atoms with Crippen molar-refractivity contribution in [1.29, 1.82) is 0 Å². The Morgan fingerprint density at radius 3 is 2.72 bits per heavy atom. The van der Waals surface area contributed by atoms with E-state index in [-0.39, 0.29) is 11.3 Å². The molecule has 2 aliphatic carbocycles. The van der Waals surface area contributed by atoms with Crippen LogP contribution in [-0.2, 0) is 10.2 Å². The summed E-state index contributed by atoms with van der Waals surface area (Å²) >= 11 is 0. The number of nitrogens with one attached hydrogen (secondary N) is 2. The molecule has 2 aliphatic heterocycles. The molecule has 2 saturated carbocycles. The molecule has 1 unspecified atom stereocenters. The molecule has 0 bridgehead atoms. The molecule has 0 radical (unpaired) electrons. The summed E-state index contributed by atoms with van der Waals surface area (Å²) in [5, 5.41) is 6.88. The van der Waals surface area contributed by atoms with Gasteiger partial charge < -0.3 is 10.6 Å². The van der Waals surface area contributed by atoms with Gasteiger partial charge in [-0.15, -0.1) is 0 Å². The third-order valence-corrected chi connectivity index (χ3v) is 6.71. The van der Waals surface area contributed by atoms with Gasteiger partial charge in [0.25, 0.3) is 0 Å². The Bertz CT molecular complexity index is 695. The molecule has 6 heteroatoms. The molecule has 3 fully saturated rings. The Morgan fingerprint density at radius 1 is 1.24 bits per heavy atom. The second-order valence-corrected chi connectivity index (χ2v) is 8.33. The number of amides is 1. The molecule has 4 aliphatic rings. The minimum Gasteiger partial charge on any atom is -0.351 e. The standard InChI is InChI=1S/C19H27N5O/c1-12-3-2-4-15(12)24-16-14(19(7-8-19)17(24)25)11-21-18(23-16)22-13-5-9-20-10-6-13/h11-13,15,20H,2-10H2,1H3,(H,21,22,23)/t12?,15-/m1/s1. The van der Waals surface area contributed by atoms with E-state index in [0.29, 0.717) is 23.9 Å². The van der Waals surface area contributed by atoms with Crippen molar-refractivity contribution in [2.45, 2.75) is 69.4 Å². The van der Waals surface area contributed by atoms with Crippen LogP contribution in [0.25, 0.3) is 0 Å². The highest BCUT2D eigenvalue weighted by molar-refractivity contribution is 6.09. The van der Waals surface area contributed by atoms with Gasteiger partial charge in [-0.05, 0) is 57.5 Å². The third kappa shape index (κ3) is 2.37. The summed E-state index contributed by atoms with van der Waals surface area (Å²) < 4.78 is 0. The zero-order valence-corrected chi connectivity index (χ0v) is 14.9. The van der Waals surface area contributed by atoms with Crippen LogP contribution in [0, 0.1) is 5.92 Å². The molecular formula is C19H27N5O. The summed E-state index contributed by atoms with van der Waals surface area (Å²) in [4.78, 5) is 24.7. The summed E-state index contributed by atoms with van der Waals surface area (Å²) in [6.07, 6.45) is 9.55. The maximum Gasteiger partial charge on any atom is 0.239 e. The van der Waals surface area contributed by atoms with Crippen molar-refractivity contribution in [2.24, 2.45) is 5.92 Å². The van der Waals surface area contributed by atoms with Crippen LogP contribution < -0.4 is 15.5 Å². The molecule has 3 heterocycles. The van der Waals surface area contributed by atoms with E-state index in [9.17, 15) is 4.79 Å². The molecule has 1 spiro atoms. The van der Waals surface area contributed by atoms with E-state index in [2.05, 4.69) is 27.4 Å². The summed E-state index contributed by atoms with van der Waals surface area (Å²) in [7, 11) is 0. The Labute approximate surface area is 148 Å². The Hall–Kier alpha value is -1.69. The molecule has 25 heavy (non-hydrogen) atoms. The lowest BCUT2D eigenvalue weighted by molar-refractivity contribution is -0.120. The van der Waals surface area contributed by atoms with E-state index in [1.807, 2.05) is 6.20 Å². The lowest BCUT2D eigenvalue weighted by Crippen LogP contribution is -2.42. The maximum absolute atomic E-state index is 13.2. The van der Waals surface area contributed by atoms with Gasteiger partial charge in [0, 0.05) is 23.8 Å². The number of nitrogens with zero attached hydrogens (tertiary/aromatic N) is 3. The zero-order valence-electron chi connectivity index (χ0n) is 14.9. The monoisotopic (exact) mass is 341 g/mol. The first-order valence-electron chi connectivity index (χ1n) is 9.87. The first-order chi connectivity index (χ1) is 12.2. The van der Waals surface area contributed by atoms with Crippen LogP contribution >= 0.6 is 0 Å². The summed E-state index contributed by atoms with van der Waals surface area (Å²) in [6.45, 7) is 4.35. The van der Waals surface area contributed by atoms with Gasteiger partial charge in [-0.25, -0.2) is 4.98 Å². The minimum absolute atomic E-state index is 0.287. The number of hydrogen-bond donors (Lipinski definition) is 2. The molecule has 1 aromatic heterocycles. The number of carbonyl (C=O) groups excluding carboxylic acids is 1. The van der Waals surface area contributed by atoms with Crippen LogP contribution in [0.3, 0.4) is 0 Å². The molecule has 2 N–H and O–H groups in total. The summed E-state index contributed by atoms with van der Waals surface area (Å²) in [6, 6.07) is 0.734. The summed E-state index contributed by atoms with van der Waals surface area (Å²) in [5.41, 5.74) is 0.790. The van der Waals surface area contributed by atoms with Gasteiger partial charge in [-0.3, -0.25) is 9.69 Å². The highest BCUT2D eigenvalue weighted by Crippen LogP contribution is 2.58. The van der Waals surface area contributed by atoms with Crippen LogP contribution in [-0.4, -0.2) is 41.0 Å². The first-order valence-corrected chi connectivity index (χ1v) is 9.87. The van der Waals surface area contributed by atoms with E-state index < -0.39 is 0 Å². The van der Waals surface area contributed by atoms with Crippen LogP contribution in [0.4, 0.5) is 11.8 Å². The molecular weight excluding hydrogens is 314 g/mol. The van der Waals surface area contributed by atoms with Crippen molar-refractivity contribution >= 4 is 17.7 Å². The Balaban J connectivity index is 1.48. The number of hydrogen-bond acceptors (Lipinski definition) is 5. The zero-order chi connectivity index (χ0) is 17.0. The second kappa shape index (κ2) is 5.66. The molecule has 5 rings (SSSR count). The molecule has 6 nitrogen and oxygen atoms in total. The number of piperidine rings is 1. The van der Waals surface area contributed by atoms with E-state index in [0.717, 1.165) is 56.6 Å². The van der Waals surface area contributed by atoms with Gasteiger partial charge in [0.15, 0.2) is 0 Å². The first kappa shape index (κ1) is 15.6. The van der Waals surface area contributed by atoms with E-state index in [1.54, 1.807) is 0 Å². The number of anilines is 2. The number of rotatable bonds is 3. The van der Waals surface area contributed by atoms with Crippen LogP contribution in [0.2, 0.25) is 0 Å². The van der Waals surface area contributed by atoms with Crippen molar-refractivity contribution in [2.75, 3.05) is 23.3 Å². The second-order valence-electron chi connectivity index (χ2n) is 8.33.